The second-order valence-corrected chi connectivity index (χ2v) is 5.59. The fourth-order valence-electron chi connectivity index (χ4n) is 2.31. The third kappa shape index (κ3) is 3.55. The van der Waals surface area contributed by atoms with Gasteiger partial charge in [0.15, 0.2) is 0 Å². The fourth-order valence-corrected chi connectivity index (χ4v) is 2.53. The number of aliphatic hydroxyl groups excluding tert-OH is 1. The molecule has 23 heavy (non-hydrogen) atoms. The van der Waals surface area contributed by atoms with E-state index in [1.165, 1.54) is 0 Å². The first kappa shape index (κ1) is 15.6. The van der Waals surface area contributed by atoms with E-state index in [1.54, 1.807) is 0 Å². The number of hydrogen-bond donors (Lipinski definition) is 2. The van der Waals surface area contributed by atoms with Gasteiger partial charge in [-0.05, 0) is 36.8 Å². The van der Waals surface area contributed by atoms with Gasteiger partial charge in [-0.15, -0.1) is 0 Å². The van der Waals surface area contributed by atoms with Gasteiger partial charge in [0.25, 0.3) is 0 Å². The first-order chi connectivity index (χ1) is 11.2. The zero-order valence-electron chi connectivity index (χ0n) is 12.7. The van der Waals surface area contributed by atoms with Crippen LogP contribution in [-0.2, 0) is 0 Å². The highest BCUT2D eigenvalue weighted by molar-refractivity contribution is 6.35. The summed E-state index contributed by atoms with van der Waals surface area (Å²) in [5, 5.41) is 13.8. The maximum Gasteiger partial charge on any atom is 0.131 e. The molecular formula is C18H17ClN2O2. The molecule has 2 aromatic carbocycles. The van der Waals surface area contributed by atoms with E-state index in [9.17, 15) is 0 Å². The Balaban J connectivity index is 1.90. The number of aromatic nitrogens is 1. The summed E-state index contributed by atoms with van der Waals surface area (Å²) >= 11 is 6.21. The van der Waals surface area contributed by atoms with Crippen LogP contribution in [0, 0.1) is 6.92 Å². The summed E-state index contributed by atoms with van der Waals surface area (Å²) in [6.45, 7) is 2.26. The molecule has 0 saturated carbocycles. The Hall–Kier alpha value is -2.30. The van der Waals surface area contributed by atoms with Gasteiger partial charge in [0.2, 0.25) is 0 Å². The van der Waals surface area contributed by atoms with Crippen LogP contribution in [0.1, 0.15) is 5.56 Å². The zero-order chi connectivity index (χ0) is 16.2. The molecule has 0 radical (unpaired) electrons. The van der Waals surface area contributed by atoms with Crippen LogP contribution in [-0.4, -0.2) is 23.3 Å². The second kappa shape index (κ2) is 6.86. The summed E-state index contributed by atoms with van der Waals surface area (Å²) in [7, 11) is 0. The van der Waals surface area contributed by atoms with E-state index in [0.717, 1.165) is 22.2 Å². The van der Waals surface area contributed by atoms with Gasteiger partial charge in [-0.2, -0.15) is 0 Å². The monoisotopic (exact) mass is 328 g/mol. The summed E-state index contributed by atoms with van der Waals surface area (Å²) in [6, 6.07) is 15.3. The number of rotatable bonds is 5. The maximum atomic E-state index is 8.85. The van der Waals surface area contributed by atoms with Crippen LogP contribution in [0.5, 0.6) is 5.75 Å². The van der Waals surface area contributed by atoms with Crippen LogP contribution in [0.25, 0.3) is 10.9 Å². The number of halogens is 1. The summed E-state index contributed by atoms with van der Waals surface area (Å²) in [6.07, 6.45) is 0. The zero-order valence-corrected chi connectivity index (χ0v) is 13.5. The quantitative estimate of drug-likeness (QED) is 0.732. The van der Waals surface area contributed by atoms with Gasteiger partial charge < -0.3 is 15.2 Å². The molecule has 0 unspecified atom stereocenters. The van der Waals surface area contributed by atoms with Crippen molar-refractivity contribution in [3.63, 3.8) is 0 Å². The van der Waals surface area contributed by atoms with Crippen molar-refractivity contribution in [2.24, 2.45) is 0 Å². The summed E-state index contributed by atoms with van der Waals surface area (Å²) in [5.41, 5.74) is 2.74. The van der Waals surface area contributed by atoms with Crippen molar-refractivity contribution in [1.82, 2.24) is 4.98 Å². The number of nitrogens with zero attached hydrogens (tertiary/aromatic N) is 1. The van der Waals surface area contributed by atoms with Crippen LogP contribution < -0.4 is 10.1 Å². The van der Waals surface area contributed by atoms with Gasteiger partial charge in [0.1, 0.15) is 18.2 Å². The Bertz CT molecular complexity index is 836. The predicted molar refractivity (Wildman–Crippen MR) is 93.8 cm³/mol. The van der Waals surface area contributed by atoms with E-state index in [-0.39, 0.29) is 13.2 Å². The lowest BCUT2D eigenvalue weighted by Crippen LogP contribution is -2.02. The molecule has 0 aliphatic heterocycles. The van der Waals surface area contributed by atoms with Crippen molar-refractivity contribution in [3.05, 3.63) is 59.1 Å². The number of aryl methyl sites for hydroxylation is 1. The van der Waals surface area contributed by atoms with Crippen LogP contribution in [0.2, 0.25) is 5.02 Å². The molecule has 0 aliphatic carbocycles. The molecule has 2 N–H and O–H groups in total. The average molecular weight is 329 g/mol. The van der Waals surface area contributed by atoms with Crippen LogP contribution in [0.15, 0.2) is 48.5 Å². The summed E-state index contributed by atoms with van der Waals surface area (Å²) < 4.78 is 5.45. The first-order valence-electron chi connectivity index (χ1n) is 7.34. The molecule has 0 saturated heterocycles. The molecule has 0 aliphatic rings. The molecule has 3 rings (SSSR count). The highest BCUT2D eigenvalue weighted by Crippen LogP contribution is 2.27. The Morgan fingerprint density at radius 3 is 2.87 bits per heavy atom. The normalized spacial score (nSPS) is 10.7. The highest BCUT2D eigenvalue weighted by Gasteiger charge is 2.05. The van der Waals surface area contributed by atoms with Crippen molar-refractivity contribution < 1.29 is 9.84 Å². The smallest absolute Gasteiger partial charge is 0.131 e. The number of hydrogen-bond acceptors (Lipinski definition) is 4. The highest BCUT2D eigenvalue weighted by atomic mass is 35.5. The van der Waals surface area contributed by atoms with Gasteiger partial charge >= 0.3 is 0 Å². The Morgan fingerprint density at radius 2 is 2.04 bits per heavy atom. The molecule has 0 bridgehead atoms. The van der Waals surface area contributed by atoms with Crippen LogP contribution in [0.4, 0.5) is 11.5 Å². The third-order valence-electron chi connectivity index (χ3n) is 3.50. The largest absolute Gasteiger partial charge is 0.491 e. The minimum atomic E-state index is -0.0125. The molecule has 1 heterocycles. The second-order valence-electron chi connectivity index (χ2n) is 5.18. The van der Waals surface area contributed by atoms with E-state index in [2.05, 4.69) is 10.3 Å². The van der Waals surface area contributed by atoms with Gasteiger partial charge in [0.05, 0.1) is 17.1 Å². The topological polar surface area (TPSA) is 54.4 Å². The molecule has 0 amide bonds. The van der Waals surface area contributed by atoms with Crippen molar-refractivity contribution in [2.75, 3.05) is 18.5 Å². The number of para-hydroxylation sites is 1. The molecular weight excluding hydrogens is 312 g/mol. The number of aliphatic hydroxyl groups is 1. The van der Waals surface area contributed by atoms with Crippen LogP contribution >= 0.6 is 11.6 Å². The molecule has 4 nitrogen and oxygen atoms in total. The van der Waals surface area contributed by atoms with Gasteiger partial charge in [0, 0.05) is 17.1 Å². The van der Waals surface area contributed by atoms with Gasteiger partial charge in [-0.3, -0.25) is 0 Å². The Labute approximate surface area is 139 Å². The van der Waals surface area contributed by atoms with E-state index < -0.39 is 0 Å². The van der Waals surface area contributed by atoms with Gasteiger partial charge in [-0.1, -0.05) is 29.8 Å². The number of pyridine rings is 1. The molecule has 118 valence electrons. The molecule has 5 heteroatoms. The van der Waals surface area contributed by atoms with Gasteiger partial charge in [-0.25, -0.2) is 4.98 Å². The third-order valence-corrected chi connectivity index (χ3v) is 3.81. The number of ether oxygens (including phenoxy) is 1. The number of nitrogens with one attached hydrogen (secondary N) is 1. The van der Waals surface area contributed by atoms with E-state index in [1.807, 2.05) is 55.5 Å². The van der Waals surface area contributed by atoms with Crippen LogP contribution in [0.3, 0.4) is 0 Å². The Morgan fingerprint density at radius 1 is 1.17 bits per heavy atom. The predicted octanol–water partition coefficient (Wildman–Crippen LogP) is 4.31. The molecule has 1 aromatic heterocycles. The SMILES string of the molecule is Cc1ccc(OCCO)cc1Nc1ccc2cccc(Cl)c2n1. The number of anilines is 2. The molecule has 0 spiro atoms. The van der Waals surface area contributed by atoms with Crippen molar-refractivity contribution in [2.45, 2.75) is 6.92 Å². The number of benzene rings is 2. The summed E-state index contributed by atoms with van der Waals surface area (Å²) in [5.74, 6) is 1.42. The Kier molecular flexibility index (Phi) is 4.65. The molecule has 0 atom stereocenters. The number of fused-ring (bicyclic) bond motifs is 1. The first-order valence-corrected chi connectivity index (χ1v) is 7.72. The van der Waals surface area contributed by atoms with E-state index in [4.69, 9.17) is 21.4 Å². The van der Waals surface area contributed by atoms with Crippen molar-refractivity contribution >= 4 is 34.0 Å². The van der Waals surface area contributed by atoms with Crippen molar-refractivity contribution in [1.29, 1.82) is 0 Å². The van der Waals surface area contributed by atoms with E-state index in [0.29, 0.717) is 16.6 Å². The average Bonchev–Trinajstić information content (AvgIpc) is 2.56. The minimum Gasteiger partial charge on any atom is -0.491 e. The lowest BCUT2D eigenvalue weighted by Gasteiger charge is -2.12. The maximum absolute atomic E-state index is 8.85. The van der Waals surface area contributed by atoms with E-state index >= 15 is 0 Å². The summed E-state index contributed by atoms with van der Waals surface area (Å²) in [4.78, 5) is 4.58. The molecule has 3 aromatic rings. The lowest BCUT2D eigenvalue weighted by atomic mass is 10.2. The standard InChI is InChI=1S/C18H17ClN2O2/c1-12-5-7-14(23-10-9-22)11-16(12)20-17-8-6-13-3-2-4-15(19)18(13)21-17/h2-8,11,22H,9-10H2,1H3,(H,20,21). The minimum absolute atomic E-state index is 0.0125. The van der Waals surface area contributed by atoms with Crippen molar-refractivity contribution in [3.8, 4) is 5.75 Å². The lowest BCUT2D eigenvalue weighted by molar-refractivity contribution is 0.201. The fraction of sp³-hybridized carbons (Fsp3) is 0.167. The molecule has 0 fully saturated rings.